The van der Waals surface area contributed by atoms with E-state index in [9.17, 15) is 14.5 Å². The van der Waals surface area contributed by atoms with Crippen LogP contribution in [0.25, 0.3) is 0 Å². The molecule has 0 atom stereocenters. The fourth-order valence-electron chi connectivity index (χ4n) is 2.67. The Hall–Kier alpha value is -1.51. The van der Waals surface area contributed by atoms with Gasteiger partial charge >= 0.3 is 0 Å². The lowest BCUT2D eigenvalue weighted by Gasteiger charge is -2.36. The van der Waals surface area contributed by atoms with Gasteiger partial charge in [-0.15, -0.1) is 11.3 Å². The lowest BCUT2D eigenvalue weighted by atomic mass is 10.2. The molecule has 8 heteroatoms. The van der Waals surface area contributed by atoms with E-state index in [1.54, 1.807) is 11.3 Å². The Balaban J connectivity index is 1.61. The van der Waals surface area contributed by atoms with Crippen LogP contribution < -0.4 is 4.90 Å². The first-order valence-corrected chi connectivity index (χ1v) is 8.79. The van der Waals surface area contributed by atoms with Crippen LogP contribution >= 0.6 is 27.3 Å². The van der Waals surface area contributed by atoms with Crippen molar-refractivity contribution >= 4 is 38.6 Å². The number of benzene rings is 1. The third kappa shape index (κ3) is 3.88. The van der Waals surface area contributed by atoms with E-state index in [0.29, 0.717) is 18.8 Å². The molecule has 1 fully saturated rings. The fourth-order valence-corrected chi connectivity index (χ4v) is 4.20. The molecule has 122 valence electrons. The standard InChI is InChI=1S/C15H15BrFN3O2S/c16-15-4-2-12(23-15)10-18-5-7-19(8-6-18)14-3-1-11(20(21)22)9-13(14)17/h1-4,9H,5-8,10H2. The van der Waals surface area contributed by atoms with Gasteiger partial charge in [-0.25, -0.2) is 4.39 Å². The average Bonchev–Trinajstić information content (AvgIpc) is 2.93. The van der Waals surface area contributed by atoms with Crippen LogP contribution in [0.5, 0.6) is 0 Å². The largest absolute Gasteiger partial charge is 0.367 e. The maximum atomic E-state index is 14.1. The van der Waals surface area contributed by atoms with Crippen molar-refractivity contribution < 1.29 is 9.31 Å². The maximum absolute atomic E-state index is 14.1. The number of hydrogen-bond acceptors (Lipinski definition) is 5. The number of nitro benzene ring substituents is 1. The number of nitro groups is 1. The number of rotatable bonds is 4. The normalized spacial score (nSPS) is 15.8. The number of halogens is 2. The first kappa shape index (κ1) is 16.4. The number of nitrogens with zero attached hydrogens (tertiary/aromatic N) is 3. The summed E-state index contributed by atoms with van der Waals surface area (Å²) in [6.45, 7) is 3.99. The van der Waals surface area contributed by atoms with Crippen LogP contribution in [0.2, 0.25) is 0 Å². The summed E-state index contributed by atoms with van der Waals surface area (Å²) < 4.78 is 15.2. The van der Waals surface area contributed by atoms with Gasteiger partial charge < -0.3 is 4.90 Å². The molecule has 5 nitrogen and oxygen atoms in total. The van der Waals surface area contributed by atoms with Crippen molar-refractivity contribution in [1.29, 1.82) is 0 Å². The molecular weight excluding hydrogens is 385 g/mol. The topological polar surface area (TPSA) is 49.6 Å². The monoisotopic (exact) mass is 399 g/mol. The molecule has 1 aliphatic rings. The lowest BCUT2D eigenvalue weighted by Crippen LogP contribution is -2.46. The van der Waals surface area contributed by atoms with E-state index in [1.165, 1.54) is 17.0 Å². The van der Waals surface area contributed by atoms with Crippen LogP contribution in [0.4, 0.5) is 15.8 Å². The molecule has 0 radical (unpaired) electrons. The van der Waals surface area contributed by atoms with Gasteiger partial charge in [-0.2, -0.15) is 0 Å². The first-order valence-electron chi connectivity index (χ1n) is 7.18. The van der Waals surface area contributed by atoms with E-state index < -0.39 is 10.7 Å². The summed E-state index contributed by atoms with van der Waals surface area (Å²) >= 11 is 5.19. The van der Waals surface area contributed by atoms with E-state index >= 15 is 0 Å². The summed E-state index contributed by atoms with van der Waals surface area (Å²) in [6, 6.07) is 8.00. The molecule has 23 heavy (non-hydrogen) atoms. The Morgan fingerprint density at radius 1 is 1.22 bits per heavy atom. The van der Waals surface area contributed by atoms with Gasteiger partial charge in [0.1, 0.15) is 0 Å². The van der Waals surface area contributed by atoms with Crippen LogP contribution in [-0.2, 0) is 6.54 Å². The van der Waals surface area contributed by atoms with Crippen LogP contribution in [-0.4, -0.2) is 36.0 Å². The lowest BCUT2D eigenvalue weighted by molar-refractivity contribution is -0.385. The SMILES string of the molecule is O=[N+]([O-])c1ccc(N2CCN(Cc3ccc(Br)s3)CC2)c(F)c1. The molecule has 0 aliphatic carbocycles. The predicted octanol–water partition coefficient (Wildman–Crippen LogP) is 3.88. The Kier molecular flexibility index (Phi) is 4.93. The van der Waals surface area contributed by atoms with Gasteiger partial charge in [0.05, 0.1) is 20.5 Å². The molecule has 1 aliphatic heterocycles. The molecule has 1 saturated heterocycles. The zero-order valence-corrected chi connectivity index (χ0v) is 14.6. The molecule has 0 saturated carbocycles. The van der Waals surface area contributed by atoms with Crippen molar-refractivity contribution in [3.05, 3.63) is 54.9 Å². The third-order valence-electron chi connectivity index (χ3n) is 3.86. The molecule has 1 aromatic heterocycles. The van der Waals surface area contributed by atoms with Crippen LogP contribution in [0.3, 0.4) is 0 Å². The molecule has 0 spiro atoms. The minimum Gasteiger partial charge on any atom is -0.367 e. The highest BCUT2D eigenvalue weighted by molar-refractivity contribution is 9.11. The van der Waals surface area contributed by atoms with Gasteiger partial charge in [0.2, 0.25) is 0 Å². The zero-order chi connectivity index (χ0) is 16.4. The minimum atomic E-state index is -0.579. The average molecular weight is 400 g/mol. The summed E-state index contributed by atoms with van der Waals surface area (Å²) in [4.78, 5) is 15.7. The van der Waals surface area contributed by atoms with Crippen molar-refractivity contribution in [3.63, 3.8) is 0 Å². The highest BCUT2D eigenvalue weighted by atomic mass is 79.9. The van der Waals surface area contributed by atoms with Crippen molar-refractivity contribution in [1.82, 2.24) is 4.90 Å². The second-order valence-corrected chi connectivity index (χ2v) is 7.91. The summed E-state index contributed by atoms with van der Waals surface area (Å²) in [5.41, 5.74) is 0.224. The second kappa shape index (κ2) is 6.94. The Bertz CT molecular complexity index is 716. The van der Waals surface area contributed by atoms with E-state index in [0.717, 1.165) is 29.5 Å². The van der Waals surface area contributed by atoms with Crippen LogP contribution in [0, 0.1) is 15.9 Å². The second-order valence-electron chi connectivity index (χ2n) is 5.36. The molecule has 2 aromatic rings. The minimum absolute atomic E-state index is 0.215. The Morgan fingerprint density at radius 2 is 1.96 bits per heavy atom. The van der Waals surface area contributed by atoms with Crippen LogP contribution in [0.15, 0.2) is 34.1 Å². The number of piperazine rings is 1. The van der Waals surface area contributed by atoms with Gasteiger partial charge in [-0.1, -0.05) is 0 Å². The summed E-state index contributed by atoms with van der Waals surface area (Å²) in [5.74, 6) is -0.533. The number of hydrogen-bond donors (Lipinski definition) is 0. The number of non-ortho nitro benzene ring substituents is 1. The van der Waals surface area contributed by atoms with E-state index in [1.807, 2.05) is 11.0 Å². The van der Waals surface area contributed by atoms with Gasteiger partial charge in [0, 0.05) is 43.7 Å². The first-order chi connectivity index (χ1) is 11.0. The van der Waals surface area contributed by atoms with Crippen LogP contribution in [0.1, 0.15) is 4.88 Å². The number of anilines is 1. The summed E-state index contributed by atoms with van der Waals surface area (Å²) in [7, 11) is 0. The molecule has 0 amide bonds. The molecule has 1 aromatic carbocycles. The summed E-state index contributed by atoms with van der Waals surface area (Å²) in [6.07, 6.45) is 0. The smallest absolute Gasteiger partial charge is 0.272 e. The third-order valence-corrected chi connectivity index (χ3v) is 5.47. The Morgan fingerprint density at radius 3 is 2.52 bits per heavy atom. The van der Waals surface area contributed by atoms with Gasteiger partial charge in [-0.05, 0) is 34.1 Å². The van der Waals surface area contributed by atoms with E-state index in [2.05, 4.69) is 26.9 Å². The van der Waals surface area contributed by atoms with Gasteiger partial charge in [-0.3, -0.25) is 15.0 Å². The molecule has 0 unspecified atom stereocenters. The summed E-state index contributed by atoms with van der Waals surface area (Å²) in [5, 5.41) is 10.7. The molecule has 3 rings (SSSR count). The molecule has 0 bridgehead atoms. The predicted molar refractivity (Wildman–Crippen MR) is 92.6 cm³/mol. The van der Waals surface area contributed by atoms with Crippen molar-refractivity contribution in [2.45, 2.75) is 6.54 Å². The molecular formula is C15H15BrFN3O2S. The fraction of sp³-hybridized carbons (Fsp3) is 0.333. The highest BCUT2D eigenvalue weighted by Gasteiger charge is 2.21. The molecule has 2 heterocycles. The number of thiophene rings is 1. The van der Waals surface area contributed by atoms with Gasteiger partial charge in [0.15, 0.2) is 5.82 Å². The van der Waals surface area contributed by atoms with E-state index in [-0.39, 0.29) is 5.69 Å². The van der Waals surface area contributed by atoms with Crippen molar-refractivity contribution in [2.75, 3.05) is 31.1 Å². The van der Waals surface area contributed by atoms with Crippen molar-refractivity contribution in [2.24, 2.45) is 0 Å². The Labute approximate surface area is 145 Å². The van der Waals surface area contributed by atoms with E-state index in [4.69, 9.17) is 0 Å². The van der Waals surface area contributed by atoms with Crippen molar-refractivity contribution in [3.8, 4) is 0 Å². The molecule has 0 N–H and O–H groups in total. The zero-order valence-electron chi connectivity index (χ0n) is 12.2. The maximum Gasteiger partial charge on any atom is 0.272 e. The quantitative estimate of drug-likeness (QED) is 0.578. The van der Waals surface area contributed by atoms with Gasteiger partial charge in [0.25, 0.3) is 5.69 Å². The highest BCUT2D eigenvalue weighted by Crippen LogP contribution is 2.26.